The Balaban J connectivity index is 2.54. The van der Waals surface area contributed by atoms with E-state index in [1.807, 2.05) is 43.4 Å². The highest BCUT2D eigenvalue weighted by atomic mass is 79.9. The van der Waals surface area contributed by atoms with Crippen molar-refractivity contribution in [3.05, 3.63) is 57.0 Å². The highest BCUT2D eigenvalue weighted by Crippen LogP contribution is 2.34. The Bertz CT molecular complexity index is 613. The van der Waals surface area contributed by atoms with Gasteiger partial charge in [-0.3, -0.25) is 0 Å². The summed E-state index contributed by atoms with van der Waals surface area (Å²) in [5.41, 5.74) is 2.04. The molecule has 1 unspecified atom stereocenters. The first-order valence-electron chi connectivity index (χ1n) is 6.44. The second kappa shape index (κ2) is 7.16. The molecule has 112 valence electrons. The molecule has 0 bridgehead atoms. The van der Waals surface area contributed by atoms with Gasteiger partial charge in [0.15, 0.2) is 0 Å². The van der Waals surface area contributed by atoms with Crippen LogP contribution in [-0.2, 0) is 0 Å². The lowest BCUT2D eigenvalue weighted by Gasteiger charge is -2.21. The maximum absolute atomic E-state index is 6.16. The summed E-state index contributed by atoms with van der Waals surface area (Å²) >= 11 is 9.64. The standard InChI is InChI=1S/C16H17BrClNO2/c1-19-16(10-6-11(17)8-12(18)7-10)14-9-13(20-2)4-5-15(14)21-3/h4-9,16,19H,1-3H3. The second-order valence-corrected chi connectivity index (χ2v) is 5.88. The van der Waals surface area contributed by atoms with E-state index in [0.717, 1.165) is 27.1 Å². The summed E-state index contributed by atoms with van der Waals surface area (Å²) in [6.45, 7) is 0. The molecule has 2 aromatic carbocycles. The van der Waals surface area contributed by atoms with E-state index in [-0.39, 0.29) is 6.04 Å². The largest absolute Gasteiger partial charge is 0.497 e. The molecular weight excluding hydrogens is 354 g/mol. The summed E-state index contributed by atoms with van der Waals surface area (Å²) in [6, 6.07) is 11.5. The fraction of sp³-hybridized carbons (Fsp3) is 0.250. The molecular formula is C16H17BrClNO2. The molecule has 0 aromatic heterocycles. The SMILES string of the molecule is CNC(c1cc(Cl)cc(Br)c1)c1cc(OC)ccc1OC. The minimum atomic E-state index is -0.0509. The Morgan fingerprint density at radius 3 is 2.43 bits per heavy atom. The molecule has 1 N–H and O–H groups in total. The molecule has 0 aliphatic heterocycles. The predicted molar refractivity (Wildman–Crippen MR) is 89.6 cm³/mol. The first kappa shape index (κ1) is 16.1. The van der Waals surface area contributed by atoms with Crippen molar-refractivity contribution in [1.29, 1.82) is 0 Å². The van der Waals surface area contributed by atoms with E-state index < -0.39 is 0 Å². The van der Waals surface area contributed by atoms with Crippen LogP contribution in [-0.4, -0.2) is 21.3 Å². The third-order valence-electron chi connectivity index (χ3n) is 3.25. The lowest BCUT2D eigenvalue weighted by molar-refractivity contribution is 0.395. The summed E-state index contributed by atoms with van der Waals surface area (Å²) in [5.74, 6) is 1.58. The van der Waals surface area contributed by atoms with Crippen LogP contribution in [0.2, 0.25) is 5.02 Å². The van der Waals surface area contributed by atoms with Crippen molar-refractivity contribution in [3.8, 4) is 11.5 Å². The number of nitrogens with one attached hydrogen (secondary N) is 1. The molecule has 3 nitrogen and oxygen atoms in total. The minimum absolute atomic E-state index is 0.0509. The van der Waals surface area contributed by atoms with Gasteiger partial charge in [-0.1, -0.05) is 27.5 Å². The van der Waals surface area contributed by atoms with Gasteiger partial charge in [0.1, 0.15) is 11.5 Å². The molecule has 5 heteroatoms. The highest BCUT2D eigenvalue weighted by Gasteiger charge is 2.18. The fourth-order valence-corrected chi connectivity index (χ4v) is 3.19. The summed E-state index contributed by atoms with van der Waals surface area (Å²) in [6.07, 6.45) is 0. The maximum Gasteiger partial charge on any atom is 0.124 e. The van der Waals surface area contributed by atoms with Gasteiger partial charge in [0.05, 0.1) is 20.3 Å². The maximum atomic E-state index is 6.16. The van der Waals surface area contributed by atoms with E-state index in [2.05, 4.69) is 21.2 Å². The van der Waals surface area contributed by atoms with Gasteiger partial charge in [-0.05, 0) is 49.0 Å². The fourth-order valence-electron chi connectivity index (χ4n) is 2.31. The van der Waals surface area contributed by atoms with Gasteiger partial charge in [-0.15, -0.1) is 0 Å². The molecule has 1 atom stereocenters. The van der Waals surface area contributed by atoms with Crippen LogP contribution in [0.4, 0.5) is 0 Å². The van der Waals surface area contributed by atoms with Gasteiger partial charge in [0.2, 0.25) is 0 Å². The summed E-state index contributed by atoms with van der Waals surface area (Å²) in [5, 5.41) is 3.98. The van der Waals surface area contributed by atoms with Gasteiger partial charge in [0.25, 0.3) is 0 Å². The molecule has 0 aliphatic carbocycles. The van der Waals surface area contributed by atoms with Crippen molar-refractivity contribution in [2.24, 2.45) is 0 Å². The van der Waals surface area contributed by atoms with Crippen LogP contribution in [0.25, 0.3) is 0 Å². The normalized spacial score (nSPS) is 12.0. The number of rotatable bonds is 5. The van der Waals surface area contributed by atoms with Crippen molar-refractivity contribution >= 4 is 27.5 Å². The molecule has 2 rings (SSSR count). The summed E-state index contributed by atoms with van der Waals surface area (Å²) in [7, 11) is 5.21. The first-order valence-corrected chi connectivity index (χ1v) is 7.61. The first-order chi connectivity index (χ1) is 10.1. The van der Waals surface area contributed by atoms with Crippen LogP contribution >= 0.6 is 27.5 Å². The molecule has 0 saturated carbocycles. The third-order valence-corrected chi connectivity index (χ3v) is 3.93. The molecule has 21 heavy (non-hydrogen) atoms. The molecule has 0 saturated heterocycles. The van der Waals surface area contributed by atoms with Gasteiger partial charge in [-0.25, -0.2) is 0 Å². The molecule has 0 fully saturated rings. The van der Waals surface area contributed by atoms with Crippen LogP contribution < -0.4 is 14.8 Å². The molecule has 0 amide bonds. The molecule has 0 heterocycles. The quantitative estimate of drug-likeness (QED) is 0.844. The van der Waals surface area contributed by atoms with Crippen molar-refractivity contribution < 1.29 is 9.47 Å². The van der Waals surface area contributed by atoms with E-state index in [9.17, 15) is 0 Å². The summed E-state index contributed by atoms with van der Waals surface area (Å²) < 4.78 is 11.7. The monoisotopic (exact) mass is 369 g/mol. The topological polar surface area (TPSA) is 30.5 Å². The molecule has 2 aromatic rings. The van der Waals surface area contributed by atoms with E-state index in [1.165, 1.54) is 0 Å². The summed E-state index contributed by atoms with van der Waals surface area (Å²) in [4.78, 5) is 0. The zero-order valence-electron chi connectivity index (χ0n) is 12.1. The van der Waals surface area contributed by atoms with Crippen LogP contribution in [0.15, 0.2) is 40.9 Å². The van der Waals surface area contributed by atoms with Crippen LogP contribution in [0.5, 0.6) is 11.5 Å². The Labute approximate surface area is 138 Å². The molecule has 0 radical (unpaired) electrons. The zero-order chi connectivity index (χ0) is 15.4. The molecule has 0 aliphatic rings. The van der Waals surface area contributed by atoms with Crippen molar-refractivity contribution in [1.82, 2.24) is 5.32 Å². The lowest BCUT2D eigenvalue weighted by Crippen LogP contribution is -2.18. The predicted octanol–water partition coefficient (Wildman–Crippen LogP) is 4.43. The lowest BCUT2D eigenvalue weighted by atomic mass is 9.97. The Morgan fingerprint density at radius 1 is 1.10 bits per heavy atom. The van der Waals surface area contributed by atoms with Crippen molar-refractivity contribution in [3.63, 3.8) is 0 Å². The number of benzene rings is 2. The average Bonchev–Trinajstić information content (AvgIpc) is 2.47. The number of methoxy groups -OCH3 is 2. The van der Waals surface area contributed by atoms with E-state index in [0.29, 0.717) is 5.02 Å². The van der Waals surface area contributed by atoms with Crippen LogP contribution in [0, 0.1) is 0 Å². The zero-order valence-corrected chi connectivity index (χ0v) is 14.5. The van der Waals surface area contributed by atoms with Gasteiger partial charge in [-0.2, -0.15) is 0 Å². The van der Waals surface area contributed by atoms with Gasteiger partial charge >= 0.3 is 0 Å². The van der Waals surface area contributed by atoms with E-state index in [1.54, 1.807) is 14.2 Å². The number of halogens is 2. The van der Waals surface area contributed by atoms with E-state index >= 15 is 0 Å². The number of hydrogen-bond acceptors (Lipinski definition) is 3. The van der Waals surface area contributed by atoms with Gasteiger partial charge < -0.3 is 14.8 Å². The number of ether oxygens (including phenoxy) is 2. The Kier molecular flexibility index (Phi) is 5.51. The van der Waals surface area contributed by atoms with Crippen molar-refractivity contribution in [2.75, 3.05) is 21.3 Å². The average molecular weight is 371 g/mol. The van der Waals surface area contributed by atoms with Crippen LogP contribution in [0.1, 0.15) is 17.2 Å². The Hall–Kier alpha value is -1.23. The Morgan fingerprint density at radius 2 is 1.86 bits per heavy atom. The minimum Gasteiger partial charge on any atom is -0.497 e. The van der Waals surface area contributed by atoms with Gasteiger partial charge in [0, 0.05) is 15.1 Å². The van der Waals surface area contributed by atoms with Crippen LogP contribution in [0.3, 0.4) is 0 Å². The van der Waals surface area contributed by atoms with E-state index in [4.69, 9.17) is 21.1 Å². The molecule has 0 spiro atoms. The third kappa shape index (κ3) is 3.70. The smallest absolute Gasteiger partial charge is 0.124 e. The van der Waals surface area contributed by atoms with Crippen molar-refractivity contribution in [2.45, 2.75) is 6.04 Å². The number of hydrogen-bond donors (Lipinski definition) is 1. The second-order valence-electron chi connectivity index (χ2n) is 4.53. The highest BCUT2D eigenvalue weighted by molar-refractivity contribution is 9.10.